The lowest BCUT2D eigenvalue weighted by atomic mass is 9.45. The Balaban J connectivity index is 0.000000948. The Morgan fingerprint density at radius 1 is 0.923 bits per heavy atom. The van der Waals surface area contributed by atoms with E-state index >= 15 is 0 Å². The van der Waals surface area contributed by atoms with Crippen molar-refractivity contribution in [2.75, 3.05) is 0 Å². The van der Waals surface area contributed by atoms with Crippen molar-refractivity contribution in [1.29, 1.82) is 0 Å². The quantitative estimate of drug-likeness (QED) is 0.566. The lowest BCUT2D eigenvalue weighted by molar-refractivity contribution is -0.148. The van der Waals surface area contributed by atoms with Gasteiger partial charge in [0.15, 0.2) is 0 Å². The lowest BCUT2D eigenvalue weighted by Crippen LogP contribution is -2.54. The topological polar surface area (TPSA) is 26.3 Å². The second-order valence-corrected chi connectivity index (χ2v) is 10.2. The fourth-order valence-electron chi connectivity index (χ4n) is 7.55. The molecule has 5 unspecified atom stereocenters. The Bertz CT molecular complexity index is 512. The van der Waals surface area contributed by atoms with E-state index in [0.717, 1.165) is 37.0 Å². The second kappa shape index (κ2) is 7.57. The van der Waals surface area contributed by atoms with E-state index in [9.17, 15) is 4.79 Å². The molecule has 0 heterocycles. The first-order valence-electron chi connectivity index (χ1n) is 11.5. The largest absolute Gasteiger partial charge is 0.375 e. The van der Waals surface area contributed by atoms with Gasteiger partial charge >= 0.3 is 0 Å². The molecular weight excluding hydrogens is 320 g/mol. The van der Waals surface area contributed by atoms with E-state index in [0.29, 0.717) is 34.7 Å². The smallest absolute Gasteiger partial charge is 0.133 e. The minimum Gasteiger partial charge on any atom is -0.375 e. The Kier molecular flexibility index (Phi) is 5.93. The van der Waals surface area contributed by atoms with Crippen molar-refractivity contribution in [3.05, 3.63) is 0 Å². The zero-order valence-electron chi connectivity index (χ0n) is 18.1. The van der Waals surface area contributed by atoms with Crippen LogP contribution >= 0.6 is 0 Å². The zero-order chi connectivity index (χ0) is 19.1. The van der Waals surface area contributed by atoms with E-state index in [1.54, 1.807) is 0 Å². The van der Waals surface area contributed by atoms with E-state index in [2.05, 4.69) is 27.7 Å². The van der Waals surface area contributed by atoms with Crippen LogP contribution in [0.3, 0.4) is 0 Å². The van der Waals surface area contributed by atoms with Crippen LogP contribution < -0.4 is 0 Å². The standard InChI is InChI=1S/C22H36O2.C2H6/c1-14(2)24-20-8-7-18-17-6-5-15-13-16(23)9-11-21(15,3)19(17)10-12-22(18,20)4;1-2/h14-15,17-20H,5-13H2,1-4H3;1-2H3/t15?,17-,18?,19?,20-,21?,22?;/m0./s1. The minimum atomic E-state index is 0.348. The molecule has 0 bridgehead atoms. The van der Waals surface area contributed by atoms with Crippen molar-refractivity contribution in [2.45, 2.75) is 112 Å². The molecule has 0 N–H and O–H groups in total. The first-order valence-corrected chi connectivity index (χ1v) is 11.5. The summed E-state index contributed by atoms with van der Waals surface area (Å²) in [6.07, 6.45) is 11.7. The molecule has 2 nitrogen and oxygen atoms in total. The summed E-state index contributed by atoms with van der Waals surface area (Å²) in [5.41, 5.74) is 0.842. The maximum atomic E-state index is 12.0. The first-order chi connectivity index (χ1) is 12.3. The van der Waals surface area contributed by atoms with Crippen molar-refractivity contribution >= 4 is 5.78 Å². The second-order valence-electron chi connectivity index (χ2n) is 10.2. The number of ketones is 1. The van der Waals surface area contributed by atoms with Gasteiger partial charge in [0.25, 0.3) is 0 Å². The molecule has 4 fully saturated rings. The number of fused-ring (bicyclic) bond motifs is 5. The number of ether oxygens (including phenoxy) is 1. The molecule has 0 aliphatic heterocycles. The van der Waals surface area contributed by atoms with Crippen LogP contribution in [0.2, 0.25) is 0 Å². The highest BCUT2D eigenvalue weighted by Crippen LogP contribution is 2.66. The van der Waals surface area contributed by atoms with E-state index in [1.165, 1.54) is 38.5 Å². The Hall–Kier alpha value is -0.370. The van der Waals surface area contributed by atoms with Crippen LogP contribution in [0.15, 0.2) is 0 Å². The van der Waals surface area contributed by atoms with Gasteiger partial charge in [0, 0.05) is 12.8 Å². The van der Waals surface area contributed by atoms with Gasteiger partial charge in [-0.25, -0.2) is 0 Å². The van der Waals surface area contributed by atoms with Crippen molar-refractivity contribution in [1.82, 2.24) is 0 Å². The summed E-state index contributed by atoms with van der Waals surface area (Å²) in [5, 5.41) is 0. The van der Waals surface area contributed by atoms with Crippen molar-refractivity contribution in [3.8, 4) is 0 Å². The molecule has 4 rings (SSSR count). The molecule has 26 heavy (non-hydrogen) atoms. The van der Waals surface area contributed by atoms with Gasteiger partial charge < -0.3 is 4.74 Å². The van der Waals surface area contributed by atoms with Gasteiger partial charge in [-0.15, -0.1) is 0 Å². The molecule has 0 aromatic carbocycles. The monoisotopic (exact) mass is 362 g/mol. The molecule has 0 aromatic rings. The average molecular weight is 363 g/mol. The SMILES string of the molecule is CC.CC(C)O[C@H]1CCC2[C@@H]3CCC4CC(=O)CCC4(C)C3CCC21C. The van der Waals surface area contributed by atoms with Crippen LogP contribution in [-0.4, -0.2) is 18.0 Å². The van der Waals surface area contributed by atoms with Crippen molar-refractivity contribution in [3.63, 3.8) is 0 Å². The summed E-state index contributed by atoms with van der Waals surface area (Å²) in [4.78, 5) is 12.0. The van der Waals surface area contributed by atoms with Gasteiger partial charge in [0.2, 0.25) is 0 Å². The van der Waals surface area contributed by atoms with Crippen molar-refractivity contribution in [2.24, 2.45) is 34.5 Å². The summed E-state index contributed by atoms with van der Waals surface area (Å²) < 4.78 is 6.36. The molecule has 2 heteroatoms. The molecule has 0 radical (unpaired) electrons. The Morgan fingerprint density at radius 2 is 1.62 bits per heavy atom. The maximum absolute atomic E-state index is 12.0. The lowest BCUT2D eigenvalue weighted by Gasteiger charge is -2.60. The van der Waals surface area contributed by atoms with Gasteiger partial charge in [-0.3, -0.25) is 4.79 Å². The van der Waals surface area contributed by atoms with E-state index < -0.39 is 0 Å². The van der Waals surface area contributed by atoms with Crippen LogP contribution in [0.25, 0.3) is 0 Å². The number of carbonyl (C=O) groups excluding carboxylic acids is 1. The van der Waals surface area contributed by atoms with Crippen LogP contribution in [0.1, 0.15) is 99.3 Å². The summed E-state index contributed by atoms with van der Waals surface area (Å²) in [6.45, 7) is 13.5. The third kappa shape index (κ3) is 3.19. The fraction of sp³-hybridized carbons (Fsp3) is 0.958. The van der Waals surface area contributed by atoms with Crippen LogP contribution in [0.5, 0.6) is 0 Å². The van der Waals surface area contributed by atoms with E-state index in [4.69, 9.17) is 4.74 Å². The first kappa shape index (κ1) is 20.4. The number of hydrogen-bond donors (Lipinski definition) is 0. The molecule has 0 amide bonds. The molecule has 4 saturated carbocycles. The summed E-state index contributed by atoms with van der Waals surface area (Å²) in [6, 6.07) is 0. The third-order valence-corrected chi connectivity index (χ3v) is 8.83. The Morgan fingerprint density at radius 3 is 2.31 bits per heavy atom. The number of carbonyl (C=O) groups is 1. The number of Topliss-reactive ketones (excluding diaryl/α,β-unsaturated/α-hetero) is 1. The number of hydrogen-bond acceptors (Lipinski definition) is 2. The van der Waals surface area contributed by atoms with Gasteiger partial charge in [-0.2, -0.15) is 0 Å². The highest BCUT2D eigenvalue weighted by molar-refractivity contribution is 5.79. The summed E-state index contributed by atoms with van der Waals surface area (Å²) in [5.74, 6) is 3.81. The van der Waals surface area contributed by atoms with Crippen LogP contribution in [0.4, 0.5) is 0 Å². The van der Waals surface area contributed by atoms with Gasteiger partial charge in [0.05, 0.1) is 12.2 Å². The molecule has 0 aromatic heterocycles. The third-order valence-electron chi connectivity index (χ3n) is 8.83. The minimum absolute atomic E-state index is 0.348. The zero-order valence-corrected chi connectivity index (χ0v) is 18.1. The van der Waals surface area contributed by atoms with Crippen LogP contribution in [0, 0.1) is 34.5 Å². The summed E-state index contributed by atoms with van der Waals surface area (Å²) >= 11 is 0. The van der Waals surface area contributed by atoms with E-state index in [1.807, 2.05) is 13.8 Å². The molecule has 4 aliphatic rings. The number of rotatable bonds is 2. The van der Waals surface area contributed by atoms with Crippen molar-refractivity contribution < 1.29 is 9.53 Å². The maximum Gasteiger partial charge on any atom is 0.133 e. The summed E-state index contributed by atoms with van der Waals surface area (Å²) in [7, 11) is 0. The normalized spacial score (nSPS) is 47.5. The van der Waals surface area contributed by atoms with Gasteiger partial charge in [-0.05, 0) is 93.3 Å². The van der Waals surface area contributed by atoms with E-state index in [-0.39, 0.29) is 0 Å². The molecule has 0 spiro atoms. The molecule has 4 aliphatic carbocycles. The molecule has 150 valence electrons. The molecule has 0 saturated heterocycles. The van der Waals surface area contributed by atoms with Gasteiger partial charge in [0.1, 0.15) is 5.78 Å². The highest BCUT2D eigenvalue weighted by Gasteiger charge is 2.60. The Labute approximate surface area is 161 Å². The van der Waals surface area contributed by atoms with Gasteiger partial charge in [-0.1, -0.05) is 27.7 Å². The molecule has 7 atom stereocenters. The predicted octanol–water partition coefficient (Wildman–Crippen LogP) is 6.42. The average Bonchev–Trinajstić information content (AvgIpc) is 2.93. The van der Waals surface area contributed by atoms with Crippen LogP contribution in [-0.2, 0) is 9.53 Å². The predicted molar refractivity (Wildman–Crippen MR) is 108 cm³/mol. The molecular formula is C24H42O2. The fourth-order valence-corrected chi connectivity index (χ4v) is 7.55. The highest BCUT2D eigenvalue weighted by atomic mass is 16.5.